The Morgan fingerprint density at radius 1 is 0.903 bits per heavy atom. The first-order valence-electron chi connectivity index (χ1n) is 12.1. The Labute approximate surface area is 187 Å². The number of amides is 2. The van der Waals surface area contributed by atoms with Crippen molar-refractivity contribution in [1.29, 1.82) is 0 Å². The Kier molecular flexibility index (Phi) is 7.28. The Morgan fingerprint density at radius 3 is 2.35 bits per heavy atom. The third-order valence-corrected chi connectivity index (χ3v) is 7.63. The van der Waals surface area contributed by atoms with Crippen molar-refractivity contribution in [1.82, 2.24) is 14.7 Å². The average Bonchev–Trinajstić information content (AvgIpc) is 2.78. The maximum atomic E-state index is 13.0. The fourth-order valence-corrected chi connectivity index (χ4v) is 5.60. The van der Waals surface area contributed by atoms with E-state index in [1.165, 1.54) is 37.7 Å². The van der Waals surface area contributed by atoms with Gasteiger partial charge in [0.15, 0.2) is 0 Å². The van der Waals surface area contributed by atoms with Gasteiger partial charge in [0, 0.05) is 44.5 Å². The van der Waals surface area contributed by atoms with Gasteiger partial charge >= 0.3 is 0 Å². The largest absolute Gasteiger partial charge is 0.338 e. The van der Waals surface area contributed by atoms with Crippen LogP contribution in [-0.2, 0) is 9.59 Å². The summed E-state index contributed by atoms with van der Waals surface area (Å²) in [4.78, 5) is 32.2. The van der Waals surface area contributed by atoms with E-state index in [1.807, 2.05) is 19.1 Å². The molecule has 0 bridgehead atoms. The zero-order chi connectivity index (χ0) is 21.8. The van der Waals surface area contributed by atoms with Crippen LogP contribution in [0.4, 0.5) is 5.69 Å². The normalized spacial score (nSPS) is 25.2. The fraction of sp³-hybridized carbons (Fsp3) is 0.680. The molecule has 0 aromatic heterocycles. The van der Waals surface area contributed by atoms with Crippen LogP contribution in [0.5, 0.6) is 0 Å². The van der Waals surface area contributed by atoms with Gasteiger partial charge in [0.25, 0.3) is 0 Å². The molecular weight excluding hydrogens is 388 g/mol. The van der Waals surface area contributed by atoms with E-state index in [0.717, 1.165) is 56.3 Å². The highest BCUT2D eigenvalue weighted by atomic mass is 16.2. The Morgan fingerprint density at radius 2 is 1.58 bits per heavy atom. The summed E-state index contributed by atoms with van der Waals surface area (Å²) in [7, 11) is 0. The minimum absolute atomic E-state index is 0.0369. The average molecular weight is 427 g/mol. The molecule has 1 aliphatic carbocycles. The minimum atomic E-state index is 0.0369. The molecule has 3 fully saturated rings. The number of benzene rings is 1. The summed E-state index contributed by atoms with van der Waals surface area (Å²) in [6.07, 6.45) is 7.57. The molecule has 1 saturated carbocycles. The number of nitrogens with one attached hydrogen (secondary N) is 1. The number of anilines is 1. The molecule has 2 atom stereocenters. The first-order valence-corrected chi connectivity index (χ1v) is 12.1. The summed E-state index contributed by atoms with van der Waals surface area (Å²) in [5.74, 6) is 1.09. The number of hydrogen-bond donors (Lipinski definition) is 1. The van der Waals surface area contributed by atoms with Crippen molar-refractivity contribution in [3.8, 4) is 0 Å². The summed E-state index contributed by atoms with van der Waals surface area (Å²) in [6, 6.07) is 6.49. The van der Waals surface area contributed by atoms with E-state index in [4.69, 9.17) is 0 Å². The molecule has 0 spiro atoms. The van der Waals surface area contributed by atoms with Crippen LogP contribution >= 0.6 is 0 Å². The predicted molar refractivity (Wildman–Crippen MR) is 124 cm³/mol. The Balaban J connectivity index is 1.22. The molecule has 2 aliphatic heterocycles. The van der Waals surface area contributed by atoms with Crippen LogP contribution in [0.1, 0.15) is 49.7 Å². The smallest absolute Gasteiger partial charge is 0.238 e. The van der Waals surface area contributed by atoms with Crippen LogP contribution in [0.15, 0.2) is 18.2 Å². The molecule has 1 N–H and O–H groups in total. The quantitative estimate of drug-likeness (QED) is 0.786. The number of piperazine rings is 1. The van der Waals surface area contributed by atoms with Crippen LogP contribution < -0.4 is 5.32 Å². The summed E-state index contributed by atoms with van der Waals surface area (Å²) in [5, 5.41) is 3.06. The molecule has 2 saturated heterocycles. The van der Waals surface area contributed by atoms with E-state index in [2.05, 4.69) is 33.0 Å². The van der Waals surface area contributed by atoms with Gasteiger partial charge in [-0.2, -0.15) is 0 Å². The summed E-state index contributed by atoms with van der Waals surface area (Å²) >= 11 is 0. The van der Waals surface area contributed by atoms with E-state index in [9.17, 15) is 9.59 Å². The second kappa shape index (κ2) is 10.1. The van der Waals surface area contributed by atoms with Crippen LogP contribution in [0.3, 0.4) is 0 Å². The van der Waals surface area contributed by atoms with Crippen LogP contribution in [0, 0.1) is 19.8 Å². The first kappa shape index (κ1) is 22.3. The van der Waals surface area contributed by atoms with Gasteiger partial charge in [0.05, 0.1) is 13.1 Å². The number of piperidine rings is 1. The molecule has 1 aromatic rings. The van der Waals surface area contributed by atoms with Gasteiger partial charge in [-0.05, 0) is 62.6 Å². The first-order chi connectivity index (χ1) is 15.0. The second-order valence-electron chi connectivity index (χ2n) is 9.69. The van der Waals surface area contributed by atoms with E-state index in [1.54, 1.807) is 0 Å². The van der Waals surface area contributed by atoms with Crippen molar-refractivity contribution in [3.05, 3.63) is 29.3 Å². The third-order valence-electron chi connectivity index (χ3n) is 7.63. The minimum Gasteiger partial charge on any atom is -0.338 e. The number of rotatable bonds is 5. The zero-order valence-electron chi connectivity index (χ0n) is 19.2. The molecular formula is C25H38N4O2. The van der Waals surface area contributed by atoms with Gasteiger partial charge in [-0.3, -0.25) is 19.4 Å². The highest BCUT2D eigenvalue weighted by Crippen LogP contribution is 2.35. The molecule has 6 heteroatoms. The predicted octanol–water partition coefficient (Wildman–Crippen LogP) is 3.04. The molecule has 2 amide bonds. The lowest BCUT2D eigenvalue weighted by molar-refractivity contribution is -0.139. The van der Waals surface area contributed by atoms with E-state index < -0.39 is 0 Å². The fourth-order valence-electron chi connectivity index (χ4n) is 5.60. The van der Waals surface area contributed by atoms with Crippen molar-refractivity contribution in [3.63, 3.8) is 0 Å². The zero-order valence-corrected chi connectivity index (χ0v) is 19.2. The van der Waals surface area contributed by atoms with Gasteiger partial charge in [0.1, 0.15) is 0 Å². The van der Waals surface area contributed by atoms with Crippen LogP contribution in [0.2, 0.25) is 0 Å². The van der Waals surface area contributed by atoms with Crippen LogP contribution in [0.25, 0.3) is 0 Å². The SMILES string of the molecule is Cc1cccc(NC(=O)CN2CCN(CC(=O)N3CCC[C@H]4CCCC[C@@H]43)CC2)c1C. The molecule has 1 aromatic carbocycles. The van der Waals surface area contributed by atoms with Gasteiger partial charge in [-0.25, -0.2) is 0 Å². The highest BCUT2D eigenvalue weighted by Gasteiger charge is 2.36. The number of nitrogens with zero attached hydrogens (tertiary/aromatic N) is 3. The Bertz CT molecular complexity index is 786. The highest BCUT2D eigenvalue weighted by molar-refractivity contribution is 5.93. The molecule has 170 valence electrons. The van der Waals surface area contributed by atoms with Gasteiger partial charge in [-0.1, -0.05) is 25.0 Å². The molecule has 2 heterocycles. The lowest BCUT2D eigenvalue weighted by Crippen LogP contribution is -2.55. The van der Waals surface area contributed by atoms with Gasteiger partial charge in [-0.15, -0.1) is 0 Å². The van der Waals surface area contributed by atoms with E-state index >= 15 is 0 Å². The summed E-state index contributed by atoms with van der Waals surface area (Å²) in [5.41, 5.74) is 3.21. The van der Waals surface area contributed by atoms with Gasteiger partial charge < -0.3 is 10.2 Å². The molecule has 0 unspecified atom stereocenters. The maximum absolute atomic E-state index is 13.0. The number of carbonyl (C=O) groups excluding carboxylic acids is 2. The summed E-state index contributed by atoms with van der Waals surface area (Å²) < 4.78 is 0. The van der Waals surface area contributed by atoms with Crippen molar-refractivity contribution in [2.24, 2.45) is 5.92 Å². The topological polar surface area (TPSA) is 55.9 Å². The summed E-state index contributed by atoms with van der Waals surface area (Å²) in [6.45, 7) is 9.35. The van der Waals surface area contributed by atoms with Crippen molar-refractivity contribution < 1.29 is 9.59 Å². The maximum Gasteiger partial charge on any atom is 0.238 e. The van der Waals surface area contributed by atoms with Gasteiger partial charge in [0.2, 0.25) is 11.8 Å². The number of likely N-dealkylation sites (tertiary alicyclic amines) is 1. The lowest BCUT2D eigenvalue weighted by Gasteiger charge is -2.45. The van der Waals surface area contributed by atoms with E-state index in [0.29, 0.717) is 25.0 Å². The molecule has 3 aliphatic rings. The molecule has 0 radical (unpaired) electrons. The van der Waals surface area contributed by atoms with Crippen molar-refractivity contribution >= 4 is 17.5 Å². The number of aryl methyl sites for hydroxylation is 1. The van der Waals surface area contributed by atoms with Crippen LogP contribution in [-0.4, -0.2) is 78.4 Å². The number of carbonyl (C=O) groups is 2. The van der Waals surface area contributed by atoms with E-state index in [-0.39, 0.29) is 5.91 Å². The third kappa shape index (κ3) is 5.47. The van der Waals surface area contributed by atoms with Crippen molar-refractivity contribution in [2.45, 2.75) is 58.4 Å². The number of fused-ring (bicyclic) bond motifs is 1. The molecule has 4 rings (SSSR count). The Hall–Kier alpha value is -1.92. The monoisotopic (exact) mass is 426 g/mol. The van der Waals surface area contributed by atoms with Crippen molar-refractivity contribution in [2.75, 3.05) is 51.1 Å². The second-order valence-corrected chi connectivity index (χ2v) is 9.69. The molecule has 31 heavy (non-hydrogen) atoms. The standard InChI is InChI=1S/C25H38N4O2/c1-19-7-5-10-22(20(19)2)26-24(30)17-27-13-15-28(16-14-27)18-25(31)29-12-6-9-21-8-3-4-11-23(21)29/h5,7,10,21,23H,3-4,6,8-9,11-18H2,1-2H3,(H,26,30)/t21-,23+/m1/s1. The number of hydrogen-bond acceptors (Lipinski definition) is 4. The lowest BCUT2D eigenvalue weighted by atomic mass is 9.78. The molecule has 6 nitrogen and oxygen atoms in total.